The Morgan fingerprint density at radius 3 is 2.54 bits per heavy atom. The predicted molar refractivity (Wildman–Crippen MR) is 110 cm³/mol. The topological polar surface area (TPSA) is 129 Å². The van der Waals surface area contributed by atoms with E-state index in [9.17, 15) is 9.18 Å². The summed E-state index contributed by atoms with van der Waals surface area (Å²) in [4.78, 5) is 12.9. The standard InChI is InChI=1S/C11H15FN2.C8H18N4O2/c1-9-2-3-11(10(12)8-9)14-6-4-13-5-7-14;1-5(2)3-6(8(13)14)4-7(9)11-12-10/h2-3,8,13H,4-7H2,1H3;5-6,12H,3-4,10H2,1-2H3,(H2,9,11)(H,13,14). The first-order valence-corrected chi connectivity index (χ1v) is 9.46. The zero-order valence-corrected chi connectivity index (χ0v) is 16.9. The molecule has 0 spiro atoms. The first-order valence-electron chi connectivity index (χ1n) is 9.46. The first-order chi connectivity index (χ1) is 13.2. The smallest absolute Gasteiger partial charge is 0.306 e. The van der Waals surface area contributed by atoms with Crippen LogP contribution in [0.25, 0.3) is 0 Å². The fourth-order valence-corrected chi connectivity index (χ4v) is 3.00. The maximum absolute atomic E-state index is 13.6. The number of benzene rings is 1. The lowest BCUT2D eigenvalue weighted by atomic mass is 9.94. The van der Waals surface area contributed by atoms with Crippen molar-refractivity contribution in [3.05, 3.63) is 29.6 Å². The molecule has 0 amide bonds. The van der Waals surface area contributed by atoms with Gasteiger partial charge in [0.1, 0.15) is 11.7 Å². The van der Waals surface area contributed by atoms with Crippen molar-refractivity contribution in [1.82, 2.24) is 10.9 Å². The number of carbonyl (C=O) groups is 1. The zero-order valence-electron chi connectivity index (χ0n) is 16.9. The van der Waals surface area contributed by atoms with Gasteiger partial charge in [-0.15, -0.1) is 0 Å². The van der Waals surface area contributed by atoms with Gasteiger partial charge in [-0.25, -0.2) is 15.8 Å². The molecule has 158 valence electrons. The highest BCUT2D eigenvalue weighted by molar-refractivity contribution is 5.84. The molecule has 1 aliphatic rings. The van der Waals surface area contributed by atoms with E-state index in [1.807, 2.05) is 38.4 Å². The summed E-state index contributed by atoms with van der Waals surface area (Å²) in [6.07, 6.45) is 0.799. The lowest BCUT2D eigenvalue weighted by Crippen LogP contribution is -2.43. The summed E-state index contributed by atoms with van der Waals surface area (Å²) >= 11 is 0. The molecule has 1 unspecified atom stereocenters. The van der Waals surface area contributed by atoms with Crippen LogP contribution < -0.4 is 27.3 Å². The van der Waals surface area contributed by atoms with E-state index in [1.165, 1.54) is 0 Å². The third-order valence-electron chi connectivity index (χ3n) is 4.33. The van der Waals surface area contributed by atoms with Crippen LogP contribution in [0.5, 0.6) is 0 Å². The minimum Gasteiger partial charge on any atom is -0.481 e. The van der Waals surface area contributed by atoms with Gasteiger partial charge >= 0.3 is 5.97 Å². The van der Waals surface area contributed by atoms with Gasteiger partial charge in [0.05, 0.1) is 11.6 Å². The number of hydrogen-bond donors (Lipinski definition) is 5. The number of nitrogens with one attached hydrogen (secondary N) is 2. The van der Waals surface area contributed by atoms with Crippen LogP contribution in [0.4, 0.5) is 10.1 Å². The molecule has 2 rings (SSSR count). The summed E-state index contributed by atoms with van der Waals surface area (Å²) in [5.74, 6) is 3.99. The second-order valence-electron chi connectivity index (χ2n) is 7.29. The Bertz CT molecular complexity index is 647. The van der Waals surface area contributed by atoms with Crippen molar-refractivity contribution in [3.63, 3.8) is 0 Å². The highest BCUT2D eigenvalue weighted by atomic mass is 19.1. The van der Waals surface area contributed by atoms with Gasteiger partial charge in [0.25, 0.3) is 0 Å². The molecule has 1 aliphatic heterocycles. The maximum Gasteiger partial charge on any atom is 0.306 e. The molecule has 1 fully saturated rings. The maximum atomic E-state index is 13.6. The molecule has 7 N–H and O–H groups in total. The number of hydrazine groups is 1. The predicted octanol–water partition coefficient (Wildman–Crippen LogP) is 1.40. The lowest BCUT2D eigenvalue weighted by molar-refractivity contribution is -0.142. The lowest BCUT2D eigenvalue weighted by Gasteiger charge is -2.29. The van der Waals surface area contributed by atoms with Crippen molar-refractivity contribution in [3.8, 4) is 0 Å². The van der Waals surface area contributed by atoms with Gasteiger partial charge in [0.15, 0.2) is 0 Å². The van der Waals surface area contributed by atoms with Crippen molar-refractivity contribution in [2.75, 3.05) is 31.1 Å². The SMILES string of the molecule is CC(C)CC(C/C(N)=N/NN)C(=O)O.Cc1ccc(N2CCNCC2)c(F)c1. The third-order valence-corrected chi connectivity index (χ3v) is 4.33. The number of hydrogen-bond acceptors (Lipinski definition) is 6. The van der Waals surface area contributed by atoms with Crippen LogP contribution in [0, 0.1) is 24.6 Å². The number of piperazine rings is 1. The van der Waals surface area contributed by atoms with E-state index in [4.69, 9.17) is 16.7 Å². The van der Waals surface area contributed by atoms with Crippen LogP contribution >= 0.6 is 0 Å². The molecule has 0 aliphatic carbocycles. The van der Waals surface area contributed by atoms with Crippen molar-refractivity contribution < 1.29 is 14.3 Å². The molecular formula is C19H33FN6O2. The summed E-state index contributed by atoms with van der Waals surface area (Å²) in [5.41, 5.74) is 9.18. The van der Waals surface area contributed by atoms with Crippen molar-refractivity contribution >= 4 is 17.5 Å². The second kappa shape index (κ2) is 12.1. The van der Waals surface area contributed by atoms with Gasteiger partial charge in [-0.3, -0.25) is 4.79 Å². The Hall–Kier alpha value is -2.39. The van der Waals surface area contributed by atoms with E-state index >= 15 is 0 Å². The summed E-state index contributed by atoms with van der Waals surface area (Å²) in [5, 5.41) is 15.6. The van der Waals surface area contributed by atoms with Crippen LogP contribution in [0.3, 0.4) is 0 Å². The largest absolute Gasteiger partial charge is 0.481 e. The summed E-state index contributed by atoms with van der Waals surface area (Å²) in [7, 11) is 0. The Balaban J connectivity index is 0.000000280. The number of amidine groups is 1. The Labute approximate surface area is 166 Å². The van der Waals surface area contributed by atoms with Crippen LogP contribution in [-0.4, -0.2) is 43.1 Å². The number of nitrogens with two attached hydrogens (primary N) is 2. The van der Waals surface area contributed by atoms with E-state index < -0.39 is 11.9 Å². The van der Waals surface area contributed by atoms with E-state index in [0.29, 0.717) is 12.3 Å². The summed E-state index contributed by atoms with van der Waals surface area (Å²) in [6, 6.07) is 5.42. The summed E-state index contributed by atoms with van der Waals surface area (Å²) < 4.78 is 13.6. The number of aryl methyl sites for hydroxylation is 1. The molecule has 0 aromatic heterocycles. The fourth-order valence-electron chi connectivity index (χ4n) is 3.00. The summed E-state index contributed by atoms with van der Waals surface area (Å²) in [6.45, 7) is 9.49. The molecule has 1 saturated heterocycles. The van der Waals surface area contributed by atoms with Gasteiger partial charge < -0.3 is 21.1 Å². The molecule has 1 atom stereocenters. The second-order valence-corrected chi connectivity index (χ2v) is 7.29. The highest BCUT2D eigenvalue weighted by Crippen LogP contribution is 2.20. The molecule has 0 saturated carbocycles. The van der Waals surface area contributed by atoms with Crippen molar-refractivity contribution in [1.29, 1.82) is 0 Å². The Morgan fingerprint density at radius 1 is 1.39 bits per heavy atom. The normalized spacial score (nSPS) is 15.6. The molecule has 0 bridgehead atoms. The van der Waals surface area contributed by atoms with E-state index in [0.717, 1.165) is 37.4 Å². The van der Waals surface area contributed by atoms with Crippen LogP contribution in [0.1, 0.15) is 32.3 Å². The average molecular weight is 397 g/mol. The van der Waals surface area contributed by atoms with Crippen molar-refractivity contribution in [2.45, 2.75) is 33.6 Å². The van der Waals surface area contributed by atoms with Crippen LogP contribution in [0.15, 0.2) is 23.3 Å². The number of nitrogens with zero attached hydrogens (tertiary/aromatic N) is 2. The fraction of sp³-hybridized carbons (Fsp3) is 0.579. The first kappa shape index (κ1) is 23.6. The van der Waals surface area contributed by atoms with E-state index in [1.54, 1.807) is 6.07 Å². The highest BCUT2D eigenvalue weighted by Gasteiger charge is 2.20. The molecule has 9 heteroatoms. The van der Waals surface area contributed by atoms with Crippen LogP contribution in [0.2, 0.25) is 0 Å². The van der Waals surface area contributed by atoms with E-state index in [2.05, 4.69) is 15.3 Å². The van der Waals surface area contributed by atoms with Gasteiger partial charge in [-0.1, -0.05) is 19.9 Å². The molecule has 0 radical (unpaired) electrons. The molecular weight excluding hydrogens is 363 g/mol. The minimum atomic E-state index is -0.853. The Morgan fingerprint density at radius 2 is 2.04 bits per heavy atom. The number of carboxylic acids is 1. The number of anilines is 1. The van der Waals surface area contributed by atoms with Gasteiger partial charge in [0, 0.05) is 32.6 Å². The minimum absolute atomic E-state index is 0.105. The molecule has 8 nitrogen and oxygen atoms in total. The molecule has 1 aromatic rings. The third kappa shape index (κ3) is 8.53. The number of aliphatic carboxylic acids is 1. The van der Waals surface area contributed by atoms with Gasteiger partial charge in [-0.2, -0.15) is 5.10 Å². The number of carboxylic acid groups (broad SMARTS) is 1. The quantitative estimate of drug-likeness (QED) is 0.204. The van der Waals surface area contributed by atoms with Gasteiger partial charge in [0.2, 0.25) is 0 Å². The monoisotopic (exact) mass is 396 g/mol. The average Bonchev–Trinajstić information content (AvgIpc) is 2.62. The zero-order chi connectivity index (χ0) is 21.1. The molecule has 1 aromatic carbocycles. The van der Waals surface area contributed by atoms with Crippen LogP contribution in [-0.2, 0) is 4.79 Å². The van der Waals surface area contributed by atoms with Crippen molar-refractivity contribution in [2.24, 2.45) is 28.5 Å². The molecule has 28 heavy (non-hydrogen) atoms. The van der Waals surface area contributed by atoms with Gasteiger partial charge in [-0.05, 0) is 37.0 Å². The number of rotatable bonds is 7. The molecule has 1 heterocycles. The number of hydrazone groups is 1. The number of halogens is 1. The Kier molecular flexibility index (Phi) is 10.3. The van der Waals surface area contributed by atoms with E-state index in [-0.39, 0.29) is 18.1 Å².